The van der Waals surface area contributed by atoms with Gasteiger partial charge in [0.1, 0.15) is 0 Å². The molecule has 0 aromatic rings. The van der Waals surface area contributed by atoms with Crippen LogP contribution in [0.3, 0.4) is 0 Å². The first kappa shape index (κ1) is 8.28. The van der Waals surface area contributed by atoms with E-state index >= 15 is 0 Å². The summed E-state index contributed by atoms with van der Waals surface area (Å²) in [6.07, 6.45) is 7.36. The van der Waals surface area contributed by atoms with E-state index in [1.807, 2.05) is 0 Å². The molecule has 0 amide bonds. The predicted molar refractivity (Wildman–Crippen MR) is 52.4 cm³/mol. The van der Waals surface area contributed by atoms with Crippen molar-refractivity contribution in [1.29, 1.82) is 0 Å². The molecule has 0 aliphatic carbocycles. The van der Waals surface area contributed by atoms with Gasteiger partial charge in [-0.2, -0.15) is 0 Å². The van der Waals surface area contributed by atoms with E-state index in [-0.39, 0.29) is 0 Å². The lowest BCUT2D eigenvalue weighted by Gasteiger charge is -2.13. The SMILES string of the molecule is CCCCCC1=CC(=S)S1. The van der Waals surface area contributed by atoms with Crippen LogP contribution < -0.4 is 0 Å². The van der Waals surface area contributed by atoms with Gasteiger partial charge >= 0.3 is 0 Å². The molecule has 0 bridgehead atoms. The topological polar surface area (TPSA) is 0 Å². The van der Waals surface area contributed by atoms with Crippen LogP contribution in [0.5, 0.6) is 0 Å². The van der Waals surface area contributed by atoms with Crippen LogP contribution in [0, 0.1) is 0 Å². The van der Waals surface area contributed by atoms with Gasteiger partial charge in [0, 0.05) is 0 Å². The van der Waals surface area contributed by atoms with Gasteiger partial charge in [0.05, 0.1) is 4.20 Å². The average Bonchev–Trinajstić information content (AvgIpc) is 1.85. The van der Waals surface area contributed by atoms with Gasteiger partial charge in [-0.05, 0) is 23.8 Å². The molecular weight excluding hydrogens is 160 g/mol. The van der Waals surface area contributed by atoms with Crippen LogP contribution in [-0.4, -0.2) is 4.20 Å². The Bertz CT molecular complexity index is 159. The zero-order chi connectivity index (χ0) is 7.40. The van der Waals surface area contributed by atoms with Crippen molar-refractivity contribution in [1.82, 2.24) is 0 Å². The van der Waals surface area contributed by atoms with Crippen LogP contribution in [0.2, 0.25) is 0 Å². The Morgan fingerprint density at radius 3 is 2.70 bits per heavy atom. The summed E-state index contributed by atoms with van der Waals surface area (Å²) in [7, 11) is 0. The summed E-state index contributed by atoms with van der Waals surface area (Å²) in [5, 5.41) is 0. The van der Waals surface area contributed by atoms with Gasteiger partial charge in [0.2, 0.25) is 0 Å². The highest BCUT2D eigenvalue weighted by atomic mass is 32.2. The minimum Gasteiger partial charge on any atom is -0.0827 e. The Labute approximate surface area is 72.1 Å². The second-order valence-electron chi connectivity index (χ2n) is 2.49. The van der Waals surface area contributed by atoms with Gasteiger partial charge in [-0.1, -0.05) is 43.7 Å². The van der Waals surface area contributed by atoms with Crippen molar-refractivity contribution in [3.05, 3.63) is 11.0 Å². The second kappa shape index (κ2) is 4.14. The fourth-order valence-electron chi connectivity index (χ4n) is 0.934. The summed E-state index contributed by atoms with van der Waals surface area (Å²) < 4.78 is 1.06. The molecule has 0 aromatic heterocycles. The Morgan fingerprint density at radius 1 is 1.50 bits per heavy atom. The first-order chi connectivity index (χ1) is 4.83. The molecule has 1 aliphatic heterocycles. The van der Waals surface area contributed by atoms with Crippen LogP contribution >= 0.6 is 24.0 Å². The van der Waals surface area contributed by atoms with Crippen molar-refractivity contribution in [3.63, 3.8) is 0 Å². The van der Waals surface area contributed by atoms with E-state index in [0.717, 1.165) is 4.20 Å². The molecule has 1 aliphatic rings. The molecule has 0 nitrogen and oxygen atoms in total. The van der Waals surface area contributed by atoms with Gasteiger partial charge in [-0.25, -0.2) is 0 Å². The third-order valence-corrected chi connectivity index (χ3v) is 2.81. The molecule has 0 fully saturated rings. The van der Waals surface area contributed by atoms with Crippen molar-refractivity contribution >= 4 is 28.2 Å². The van der Waals surface area contributed by atoms with Crippen molar-refractivity contribution in [2.24, 2.45) is 0 Å². The van der Waals surface area contributed by atoms with Crippen molar-refractivity contribution in [2.75, 3.05) is 0 Å². The van der Waals surface area contributed by atoms with Crippen molar-refractivity contribution in [2.45, 2.75) is 32.6 Å². The van der Waals surface area contributed by atoms with E-state index in [2.05, 4.69) is 13.0 Å². The Hall–Kier alpha value is 0.180. The quantitative estimate of drug-likeness (QED) is 0.470. The fraction of sp³-hybridized carbons (Fsp3) is 0.625. The summed E-state index contributed by atoms with van der Waals surface area (Å²) >= 11 is 6.70. The number of hydrogen-bond acceptors (Lipinski definition) is 2. The lowest BCUT2D eigenvalue weighted by atomic mass is 10.2. The normalized spacial score (nSPS) is 16.5. The number of thioether (sulfide) groups is 1. The molecule has 0 spiro atoms. The van der Waals surface area contributed by atoms with Crippen LogP contribution in [0.15, 0.2) is 11.0 Å². The average molecular weight is 172 g/mol. The van der Waals surface area contributed by atoms with E-state index in [4.69, 9.17) is 12.2 Å². The molecule has 56 valence electrons. The summed E-state index contributed by atoms with van der Waals surface area (Å²) in [5.41, 5.74) is 0. The molecule has 0 atom stereocenters. The molecule has 0 unspecified atom stereocenters. The molecule has 0 N–H and O–H groups in total. The van der Waals surface area contributed by atoms with Gasteiger partial charge < -0.3 is 0 Å². The van der Waals surface area contributed by atoms with Gasteiger partial charge in [0.15, 0.2) is 0 Å². The number of unbranched alkanes of at least 4 members (excludes halogenated alkanes) is 2. The van der Waals surface area contributed by atoms with Crippen molar-refractivity contribution in [3.8, 4) is 0 Å². The molecule has 0 saturated heterocycles. The lowest BCUT2D eigenvalue weighted by molar-refractivity contribution is 0.725. The highest BCUT2D eigenvalue weighted by molar-refractivity contribution is 8.28. The van der Waals surface area contributed by atoms with Gasteiger partial charge in [-0.3, -0.25) is 0 Å². The third-order valence-electron chi connectivity index (χ3n) is 1.54. The van der Waals surface area contributed by atoms with E-state index in [9.17, 15) is 0 Å². The Balaban J connectivity index is 2.05. The molecule has 0 radical (unpaired) electrons. The monoisotopic (exact) mass is 172 g/mol. The third kappa shape index (κ3) is 2.43. The van der Waals surface area contributed by atoms with Crippen molar-refractivity contribution < 1.29 is 0 Å². The standard InChI is InChI=1S/C8H12S2/c1-2-3-4-5-7-6-8(9)10-7/h6H,2-5H2,1H3. The van der Waals surface area contributed by atoms with E-state index in [1.54, 1.807) is 11.8 Å². The van der Waals surface area contributed by atoms with E-state index < -0.39 is 0 Å². The van der Waals surface area contributed by atoms with Crippen LogP contribution in [0.1, 0.15) is 32.6 Å². The fourth-order valence-corrected chi connectivity index (χ4v) is 2.17. The Kier molecular flexibility index (Phi) is 3.43. The molecule has 1 heterocycles. The van der Waals surface area contributed by atoms with Gasteiger partial charge in [-0.15, -0.1) is 0 Å². The zero-order valence-corrected chi connectivity index (χ0v) is 7.86. The first-order valence-electron chi connectivity index (χ1n) is 3.75. The van der Waals surface area contributed by atoms with E-state index in [0.29, 0.717) is 0 Å². The summed E-state index contributed by atoms with van der Waals surface area (Å²) in [6.45, 7) is 2.23. The second-order valence-corrected chi connectivity index (χ2v) is 4.36. The molecule has 1 rings (SSSR count). The smallest absolute Gasteiger partial charge is 0.0758 e. The maximum Gasteiger partial charge on any atom is 0.0758 e. The number of allylic oxidation sites excluding steroid dienone is 1. The number of hydrogen-bond donors (Lipinski definition) is 0. The zero-order valence-electron chi connectivity index (χ0n) is 6.22. The summed E-state index contributed by atoms with van der Waals surface area (Å²) in [4.78, 5) is 1.48. The summed E-state index contributed by atoms with van der Waals surface area (Å²) in [5.74, 6) is 0. The van der Waals surface area contributed by atoms with Crippen LogP contribution in [0.25, 0.3) is 0 Å². The number of thiocarbonyl (C=S) groups is 1. The molecule has 0 aromatic carbocycles. The highest BCUT2D eigenvalue weighted by Gasteiger charge is 2.10. The van der Waals surface area contributed by atoms with E-state index in [1.165, 1.54) is 30.6 Å². The molecule has 10 heavy (non-hydrogen) atoms. The summed E-state index contributed by atoms with van der Waals surface area (Å²) in [6, 6.07) is 0. The number of rotatable bonds is 4. The molecule has 2 heteroatoms. The maximum absolute atomic E-state index is 4.93. The predicted octanol–water partition coefficient (Wildman–Crippen LogP) is 3.52. The minimum absolute atomic E-state index is 1.06. The largest absolute Gasteiger partial charge is 0.0827 e. The first-order valence-corrected chi connectivity index (χ1v) is 4.98. The minimum atomic E-state index is 1.06. The lowest BCUT2D eigenvalue weighted by Crippen LogP contribution is -1.96. The van der Waals surface area contributed by atoms with Gasteiger partial charge in [0.25, 0.3) is 0 Å². The molecular formula is C8H12S2. The Morgan fingerprint density at radius 2 is 2.20 bits per heavy atom. The van der Waals surface area contributed by atoms with Crippen LogP contribution in [-0.2, 0) is 0 Å². The molecule has 0 saturated carbocycles. The van der Waals surface area contributed by atoms with Crippen LogP contribution in [0.4, 0.5) is 0 Å². The highest BCUT2D eigenvalue weighted by Crippen LogP contribution is 2.33. The maximum atomic E-state index is 4.93.